The minimum Gasteiger partial charge on any atom is -0.480 e. The van der Waals surface area contributed by atoms with E-state index in [0.29, 0.717) is 17.9 Å². The van der Waals surface area contributed by atoms with Gasteiger partial charge >= 0.3 is 0 Å². The molecule has 0 spiro atoms. The van der Waals surface area contributed by atoms with Gasteiger partial charge in [-0.05, 0) is 30.2 Å². The first kappa shape index (κ1) is 16.4. The van der Waals surface area contributed by atoms with Crippen molar-refractivity contribution in [2.45, 2.75) is 25.9 Å². The number of hydrogen-bond acceptors (Lipinski definition) is 4. The number of ether oxygens (including phenoxy) is 1. The Bertz CT molecular complexity index is 918. The number of nitrogens with zero attached hydrogens (tertiary/aromatic N) is 1. The highest BCUT2D eigenvalue weighted by molar-refractivity contribution is 5.96. The van der Waals surface area contributed by atoms with Crippen LogP contribution in [0.2, 0.25) is 0 Å². The molecule has 1 aliphatic rings. The van der Waals surface area contributed by atoms with Crippen LogP contribution in [-0.2, 0) is 0 Å². The molecule has 132 valence electrons. The van der Waals surface area contributed by atoms with E-state index in [-0.39, 0.29) is 12.0 Å². The van der Waals surface area contributed by atoms with E-state index in [9.17, 15) is 4.79 Å². The topological polar surface area (TPSA) is 64.4 Å². The number of hydrogen-bond donors (Lipinski definition) is 1. The lowest BCUT2D eigenvalue weighted by molar-refractivity contribution is 0.0953. The van der Waals surface area contributed by atoms with Gasteiger partial charge in [0.2, 0.25) is 0 Å². The van der Waals surface area contributed by atoms with E-state index in [0.717, 1.165) is 35.2 Å². The smallest absolute Gasteiger partial charge is 0.251 e. The van der Waals surface area contributed by atoms with Crippen LogP contribution in [0.4, 0.5) is 0 Å². The van der Waals surface area contributed by atoms with Crippen molar-refractivity contribution in [3.63, 3.8) is 0 Å². The van der Waals surface area contributed by atoms with Crippen LogP contribution in [0, 0.1) is 0 Å². The maximum absolute atomic E-state index is 12.3. The van der Waals surface area contributed by atoms with Crippen LogP contribution in [0.5, 0.6) is 5.75 Å². The van der Waals surface area contributed by atoms with Crippen molar-refractivity contribution in [1.29, 1.82) is 0 Å². The standard InChI is InChI=1S/C21H20N2O3/c1-2-3-11-22-21(24)15-9-10-18-16(12-15)19-17(13-25-23-19)20(26-18)14-7-5-4-6-8-14/h4-10,12-13,20H,2-3,11H2,1H3,(H,22,24). The third-order valence-electron chi connectivity index (χ3n) is 4.54. The quantitative estimate of drug-likeness (QED) is 0.696. The lowest BCUT2D eigenvalue weighted by atomic mass is 9.94. The number of nitrogens with one attached hydrogen (secondary N) is 1. The molecular weight excluding hydrogens is 328 g/mol. The Hall–Kier alpha value is -3.08. The van der Waals surface area contributed by atoms with E-state index in [1.54, 1.807) is 12.3 Å². The first-order chi connectivity index (χ1) is 12.8. The van der Waals surface area contributed by atoms with Crippen LogP contribution in [-0.4, -0.2) is 17.6 Å². The fourth-order valence-electron chi connectivity index (χ4n) is 3.14. The Balaban J connectivity index is 1.67. The van der Waals surface area contributed by atoms with Gasteiger partial charge in [0, 0.05) is 17.7 Å². The Kier molecular flexibility index (Phi) is 4.44. The van der Waals surface area contributed by atoms with Gasteiger partial charge in [0.1, 0.15) is 17.7 Å². The Morgan fingerprint density at radius 1 is 1.19 bits per heavy atom. The highest BCUT2D eigenvalue weighted by Crippen LogP contribution is 2.44. The van der Waals surface area contributed by atoms with E-state index in [1.807, 2.05) is 42.5 Å². The molecule has 0 radical (unpaired) electrons. The maximum Gasteiger partial charge on any atom is 0.251 e. The predicted molar refractivity (Wildman–Crippen MR) is 98.1 cm³/mol. The molecule has 0 saturated heterocycles. The summed E-state index contributed by atoms with van der Waals surface area (Å²) in [5.74, 6) is 0.613. The van der Waals surface area contributed by atoms with Crippen LogP contribution in [0.15, 0.2) is 59.3 Å². The zero-order valence-electron chi connectivity index (χ0n) is 14.6. The highest BCUT2D eigenvalue weighted by atomic mass is 16.5. The number of unbranched alkanes of at least 4 members (excludes halogenated alkanes) is 1. The van der Waals surface area contributed by atoms with Gasteiger partial charge in [-0.3, -0.25) is 4.79 Å². The largest absolute Gasteiger partial charge is 0.480 e. The molecule has 0 bridgehead atoms. The molecule has 4 rings (SSSR count). The van der Waals surface area contributed by atoms with Crippen LogP contribution < -0.4 is 10.1 Å². The van der Waals surface area contributed by atoms with E-state index in [2.05, 4.69) is 17.4 Å². The number of rotatable bonds is 5. The van der Waals surface area contributed by atoms with Gasteiger partial charge in [-0.25, -0.2) is 0 Å². The Morgan fingerprint density at radius 3 is 2.85 bits per heavy atom. The molecule has 2 heterocycles. The number of carbonyl (C=O) groups is 1. The van der Waals surface area contributed by atoms with E-state index >= 15 is 0 Å². The van der Waals surface area contributed by atoms with Crippen molar-refractivity contribution in [3.8, 4) is 17.0 Å². The summed E-state index contributed by atoms with van der Waals surface area (Å²) in [6.07, 6.45) is 3.35. The molecule has 1 N–H and O–H groups in total. The summed E-state index contributed by atoms with van der Waals surface area (Å²) >= 11 is 0. The molecule has 0 aliphatic carbocycles. The highest BCUT2D eigenvalue weighted by Gasteiger charge is 2.31. The second-order valence-electron chi connectivity index (χ2n) is 6.35. The lowest BCUT2D eigenvalue weighted by Crippen LogP contribution is -2.24. The molecule has 5 heteroatoms. The van der Waals surface area contributed by atoms with Gasteiger partial charge < -0.3 is 14.6 Å². The fourth-order valence-corrected chi connectivity index (χ4v) is 3.14. The van der Waals surface area contributed by atoms with Crippen LogP contribution in [0.3, 0.4) is 0 Å². The van der Waals surface area contributed by atoms with E-state index in [4.69, 9.17) is 9.26 Å². The molecule has 0 fully saturated rings. The normalized spacial score (nSPS) is 14.9. The predicted octanol–water partition coefficient (Wildman–Crippen LogP) is 4.35. The third-order valence-corrected chi connectivity index (χ3v) is 4.54. The van der Waals surface area contributed by atoms with Crippen molar-refractivity contribution < 1.29 is 14.1 Å². The third kappa shape index (κ3) is 2.96. The second kappa shape index (κ2) is 7.04. The lowest BCUT2D eigenvalue weighted by Gasteiger charge is -2.25. The zero-order valence-corrected chi connectivity index (χ0v) is 14.6. The molecule has 1 aromatic heterocycles. The summed E-state index contributed by atoms with van der Waals surface area (Å²) in [7, 11) is 0. The van der Waals surface area contributed by atoms with Gasteiger partial charge in [0.25, 0.3) is 5.91 Å². The number of carbonyl (C=O) groups excluding carboxylic acids is 1. The molecule has 1 unspecified atom stereocenters. The van der Waals surface area contributed by atoms with Gasteiger partial charge in [-0.2, -0.15) is 0 Å². The summed E-state index contributed by atoms with van der Waals surface area (Å²) < 4.78 is 11.4. The molecule has 26 heavy (non-hydrogen) atoms. The second-order valence-corrected chi connectivity index (χ2v) is 6.35. The van der Waals surface area contributed by atoms with Gasteiger partial charge in [0.15, 0.2) is 6.10 Å². The van der Waals surface area contributed by atoms with Crippen molar-refractivity contribution >= 4 is 5.91 Å². The Labute approximate surface area is 152 Å². The van der Waals surface area contributed by atoms with Crippen LogP contribution in [0.1, 0.15) is 47.4 Å². The molecule has 0 saturated carbocycles. The Morgan fingerprint density at radius 2 is 2.04 bits per heavy atom. The number of benzene rings is 2. The molecular formula is C21H20N2O3. The SMILES string of the molecule is CCCCNC(=O)c1ccc2c(c1)-c1nocc1C(c1ccccc1)O2. The molecule has 3 aromatic rings. The van der Waals surface area contributed by atoms with Crippen LogP contribution >= 0.6 is 0 Å². The van der Waals surface area contributed by atoms with E-state index < -0.39 is 0 Å². The molecule has 1 amide bonds. The molecule has 2 aromatic carbocycles. The average Bonchev–Trinajstić information content (AvgIpc) is 3.18. The van der Waals surface area contributed by atoms with Gasteiger partial charge in [0.05, 0.1) is 5.56 Å². The summed E-state index contributed by atoms with van der Waals surface area (Å²) in [6, 6.07) is 15.4. The molecule has 5 nitrogen and oxygen atoms in total. The monoisotopic (exact) mass is 348 g/mol. The number of amides is 1. The van der Waals surface area contributed by atoms with E-state index in [1.165, 1.54) is 0 Å². The number of fused-ring (bicyclic) bond motifs is 3. The van der Waals surface area contributed by atoms with Gasteiger partial charge in [-0.1, -0.05) is 48.8 Å². The van der Waals surface area contributed by atoms with Crippen molar-refractivity contribution in [3.05, 3.63) is 71.5 Å². The summed E-state index contributed by atoms with van der Waals surface area (Å²) in [4.78, 5) is 12.3. The first-order valence-electron chi connectivity index (χ1n) is 8.86. The van der Waals surface area contributed by atoms with Crippen molar-refractivity contribution in [2.24, 2.45) is 0 Å². The number of aromatic nitrogens is 1. The van der Waals surface area contributed by atoms with Gasteiger partial charge in [-0.15, -0.1) is 0 Å². The summed E-state index contributed by atoms with van der Waals surface area (Å²) in [6.45, 7) is 2.77. The molecule has 1 aliphatic heterocycles. The molecule has 1 atom stereocenters. The minimum absolute atomic E-state index is 0.0866. The minimum atomic E-state index is -0.269. The van der Waals surface area contributed by atoms with Crippen LogP contribution in [0.25, 0.3) is 11.3 Å². The maximum atomic E-state index is 12.3. The van der Waals surface area contributed by atoms with Crippen molar-refractivity contribution in [1.82, 2.24) is 10.5 Å². The zero-order chi connectivity index (χ0) is 17.9. The first-order valence-corrected chi connectivity index (χ1v) is 8.86. The van der Waals surface area contributed by atoms with Crippen molar-refractivity contribution in [2.75, 3.05) is 6.54 Å². The average molecular weight is 348 g/mol. The summed E-state index contributed by atoms with van der Waals surface area (Å²) in [5.41, 5.74) is 4.00. The fraction of sp³-hybridized carbons (Fsp3) is 0.238. The summed E-state index contributed by atoms with van der Waals surface area (Å²) in [5, 5.41) is 7.10.